The molecule has 1 aromatic carbocycles. The fraction of sp³-hybridized carbons (Fsp3) is 0.588. The van der Waals surface area contributed by atoms with Gasteiger partial charge in [-0.25, -0.2) is 0 Å². The summed E-state index contributed by atoms with van der Waals surface area (Å²) < 4.78 is 5.82. The lowest BCUT2D eigenvalue weighted by atomic mass is 10.0. The molecule has 0 saturated heterocycles. The largest absolute Gasteiger partial charge is 0.481 e. The van der Waals surface area contributed by atoms with E-state index in [1.807, 2.05) is 19.1 Å². The van der Waals surface area contributed by atoms with Crippen molar-refractivity contribution in [2.75, 3.05) is 6.54 Å². The van der Waals surface area contributed by atoms with E-state index in [1.54, 1.807) is 6.92 Å². The van der Waals surface area contributed by atoms with Crippen LogP contribution in [0.3, 0.4) is 0 Å². The van der Waals surface area contributed by atoms with Gasteiger partial charge in [0.05, 0.1) is 0 Å². The van der Waals surface area contributed by atoms with Gasteiger partial charge in [-0.05, 0) is 42.9 Å². The van der Waals surface area contributed by atoms with E-state index >= 15 is 0 Å². The van der Waals surface area contributed by atoms with Crippen molar-refractivity contribution in [2.45, 2.75) is 53.6 Å². The summed E-state index contributed by atoms with van der Waals surface area (Å²) in [6.45, 7) is 12.9. The number of benzene rings is 1. The number of carbonyl (C=O) groups is 1. The molecule has 1 aromatic rings. The fourth-order valence-corrected chi connectivity index (χ4v) is 1.80. The third-order valence-electron chi connectivity index (χ3n) is 3.24. The minimum atomic E-state index is -0.477. The lowest BCUT2D eigenvalue weighted by Gasteiger charge is -2.18. The summed E-state index contributed by atoms with van der Waals surface area (Å²) in [6.07, 6.45) is -0.477. The van der Waals surface area contributed by atoms with Crippen molar-refractivity contribution in [1.82, 2.24) is 5.32 Å². The van der Waals surface area contributed by atoms with E-state index in [-0.39, 0.29) is 5.91 Å². The van der Waals surface area contributed by atoms with Crippen LogP contribution < -0.4 is 10.1 Å². The van der Waals surface area contributed by atoms with Gasteiger partial charge in [0.2, 0.25) is 0 Å². The Morgan fingerprint density at radius 1 is 1.20 bits per heavy atom. The summed E-state index contributed by atoms with van der Waals surface area (Å²) in [5.41, 5.74) is 2.28. The Morgan fingerprint density at radius 2 is 1.85 bits per heavy atom. The number of hydrogen-bond acceptors (Lipinski definition) is 2. The second kappa shape index (κ2) is 7.32. The molecule has 0 saturated carbocycles. The molecule has 1 rings (SSSR count). The highest BCUT2D eigenvalue weighted by molar-refractivity contribution is 5.80. The zero-order valence-corrected chi connectivity index (χ0v) is 13.5. The van der Waals surface area contributed by atoms with E-state index in [4.69, 9.17) is 4.74 Å². The van der Waals surface area contributed by atoms with E-state index in [9.17, 15) is 4.79 Å². The summed E-state index contributed by atoms with van der Waals surface area (Å²) in [7, 11) is 0. The first-order chi connectivity index (χ1) is 9.31. The van der Waals surface area contributed by atoms with Crippen molar-refractivity contribution < 1.29 is 9.53 Å². The van der Waals surface area contributed by atoms with Crippen LogP contribution in [0.4, 0.5) is 0 Å². The highest BCUT2D eigenvalue weighted by Crippen LogP contribution is 2.25. The predicted molar refractivity (Wildman–Crippen MR) is 83.2 cm³/mol. The molecule has 0 aliphatic heterocycles. The molecular formula is C17H27NO2. The molecule has 1 unspecified atom stereocenters. The van der Waals surface area contributed by atoms with E-state index < -0.39 is 6.10 Å². The van der Waals surface area contributed by atoms with E-state index in [0.717, 1.165) is 11.3 Å². The first-order valence-corrected chi connectivity index (χ1v) is 7.36. The Hall–Kier alpha value is -1.51. The Kier molecular flexibility index (Phi) is 6.05. The van der Waals surface area contributed by atoms with E-state index in [0.29, 0.717) is 18.4 Å². The molecule has 3 nitrogen and oxygen atoms in total. The van der Waals surface area contributed by atoms with Gasteiger partial charge in [0.25, 0.3) is 5.91 Å². The minimum Gasteiger partial charge on any atom is -0.481 e. The van der Waals surface area contributed by atoms with Crippen LogP contribution in [-0.2, 0) is 4.79 Å². The Bertz CT molecular complexity index is 452. The van der Waals surface area contributed by atoms with Gasteiger partial charge < -0.3 is 10.1 Å². The molecule has 0 aliphatic rings. The molecule has 20 heavy (non-hydrogen) atoms. The number of nitrogens with one attached hydrogen (secondary N) is 1. The van der Waals surface area contributed by atoms with Crippen molar-refractivity contribution >= 4 is 5.91 Å². The van der Waals surface area contributed by atoms with Gasteiger partial charge in [-0.2, -0.15) is 0 Å². The molecule has 112 valence electrons. The SMILES string of the molecule is Cc1ccc(C(C)C)cc1OC(C)C(=O)NCC(C)C. The summed E-state index contributed by atoms with van der Waals surface area (Å²) in [4.78, 5) is 11.9. The third kappa shape index (κ3) is 4.87. The van der Waals surface area contributed by atoms with Crippen LogP contribution in [0.5, 0.6) is 5.75 Å². The highest BCUT2D eigenvalue weighted by atomic mass is 16.5. The highest BCUT2D eigenvalue weighted by Gasteiger charge is 2.16. The summed E-state index contributed by atoms with van der Waals surface area (Å²) >= 11 is 0. The van der Waals surface area contributed by atoms with Crippen molar-refractivity contribution in [1.29, 1.82) is 0 Å². The van der Waals surface area contributed by atoms with Crippen LogP contribution in [0.15, 0.2) is 18.2 Å². The van der Waals surface area contributed by atoms with Gasteiger partial charge in [-0.15, -0.1) is 0 Å². The first-order valence-electron chi connectivity index (χ1n) is 7.36. The van der Waals surface area contributed by atoms with Crippen LogP contribution in [0, 0.1) is 12.8 Å². The molecule has 0 heterocycles. The maximum atomic E-state index is 11.9. The van der Waals surface area contributed by atoms with Gasteiger partial charge in [0, 0.05) is 6.54 Å². The summed E-state index contributed by atoms with van der Waals surface area (Å²) in [5.74, 6) is 1.62. The van der Waals surface area contributed by atoms with Crippen LogP contribution in [0.1, 0.15) is 51.7 Å². The quantitative estimate of drug-likeness (QED) is 0.861. The molecule has 1 atom stereocenters. The Balaban J connectivity index is 2.72. The lowest BCUT2D eigenvalue weighted by Crippen LogP contribution is -2.38. The topological polar surface area (TPSA) is 38.3 Å². The summed E-state index contributed by atoms with van der Waals surface area (Å²) in [5, 5.41) is 2.90. The van der Waals surface area contributed by atoms with Crippen LogP contribution in [0.25, 0.3) is 0 Å². The van der Waals surface area contributed by atoms with E-state index in [1.165, 1.54) is 5.56 Å². The number of carbonyl (C=O) groups excluding carboxylic acids is 1. The third-order valence-corrected chi connectivity index (χ3v) is 3.24. The minimum absolute atomic E-state index is 0.0620. The predicted octanol–water partition coefficient (Wildman–Crippen LogP) is 3.66. The van der Waals surface area contributed by atoms with Crippen molar-refractivity contribution in [3.8, 4) is 5.75 Å². The molecular weight excluding hydrogens is 250 g/mol. The number of amides is 1. The zero-order valence-electron chi connectivity index (χ0n) is 13.5. The fourth-order valence-electron chi connectivity index (χ4n) is 1.80. The lowest BCUT2D eigenvalue weighted by molar-refractivity contribution is -0.127. The summed E-state index contributed by atoms with van der Waals surface area (Å²) in [6, 6.07) is 6.19. The monoisotopic (exact) mass is 277 g/mol. The Morgan fingerprint density at radius 3 is 2.40 bits per heavy atom. The van der Waals surface area contributed by atoms with Crippen molar-refractivity contribution in [3.05, 3.63) is 29.3 Å². The van der Waals surface area contributed by atoms with Gasteiger partial charge in [-0.1, -0.05) is 39.8 Å². The molecule has 0 aromatic heterocycles. The first kappa shape index (κ1) is 16.5. The number of aryl methyl sites for hydroxylation is 1. The number of ether oxygens (including phenoxy) is 1. The van der Waals surface area contributed by atoms with Crippen LogP contribution in [0.2, 0.25) is 0 Å². The average Bonchev–Trinajstić information content (AvgIpc) is 2.37. The van der Waals surface area contributed by atoms with Gasteiger partial charge >= 0.3 is 0 Å². The molecule has 0 bridgehead atoms. The standard InChI is InChI=1S/C17H27NO2/c1-11(2)10-18-17(19)14(6)20-16-9-15(12(3)4)8-7-13(16)5/h7-9,11-12,14H,10H2,1-6H3,(H,18,19). The zero-order chi connectivity index (χ0) is 15.3. The number of rotatable bonds is 6. The van der Waals surface area contributed by atoms with Gasteiger partial charge in [0.15, 0.2) is 6.10 Å². The molecule has 3 heteroatoms. The maximum Gasteiger partial charge on any atom is 0.260 e. The molecule has 0 aliphatic carbocycles. The van der Waals surface area contributed by atoms with Crippen LogP contribution in [-0.4, -0.2) is 18.6 Å². The molecule has 0 fully saturated rings. The van der Waals surface area contributed by atoms with Crippen molar-refractivity contribution in [3.63, 3.8) is 0 Å². The Labute approximate surface area is 122 Å². The van der Waals surface area contributed by atoms with Crippen LogP contribution >= 0.6 is 0 Å². The second-order valence-electron chi connectivity index (χ2n) is 6.08. The molecule has 1 amide bonds. The number of hydrogen-bond donors (Lipinski definition) is 1. The van der Waals surface area contributed by atoms with Gasteiger partial charge in [0.1, 0.15) is 5.75 Å². The average molecular weight is 277 g/mol. The maximum absolute atomic E-state index is 11.9. The van der Waals surface area contributed by atoms with Gasteiger partial charge in [-0.3, -0.25) is 4.79 Å². The molecule has 0 radical (unpaired) electrons. The normalized spacial score (nSPS) is 12.6. The smallest absolute Gasteiger partial charge is 0.260 e. The van der Waals surface area contributed by atoms with Crippen molar-refractivity contribution in [2.24, 2.45) is 5.92 Å². The second-order valence-corrected chi connectivity index (χ2v) is 6.08. The van der Waals surface area contributed by atoms with E-state index in [2.05, 4.69) is 39.1 Å². The molecule has 0 spiro atoms. The molecule has 1 N–H and O–H groups in total.